The summed E-state index contributed by atoms with van der Waals surface area (Å²) in [5.74, 6) is 1.02. The molecule has 2 aliphatic rings. The molecule has 3 heteroatoms. The molecule has 1 aromatic rings. The normalized spacial score (nSPS) is 32.1. The average molecular weight is 305 g/mol. The van der Waals surface area contributed by atoms with Gasteiger partial charge in [0.15, 0.2) is 0 Å². The number of nitrogens with one attached hydrogen (secondary N) is 1. The molecule has 1 saturated carbocycles. The van der Waals surface area contributed by atoms with Crippen molar-refractivity contribution in [3.63, 3.8) is 0 Å². The Hall–Kier alpha value is -0.670. The Bertz CT molecular complexity index is 516. The van der Waals surface area contributed by atoms with Crippen molar-refractivity contribution >= 4 is 11.8 Å². The number of aryl methyl sites for hydroxylation is 1. The van der Waals surface area contributed by atoms with Crippen LogP contribution in [0.15, 0.2) is 12.1 Å². The van der Waals surface area contributed by atoms with Crippen LogP contribution >= 0.6 is 11.8 Å². The van der Waals surface area contributed by atoms with Gasteiger partial charge in [-0.05, 0) is 55.6 Å². The van der Waals surface area contributed by atoms with Gasteiger partial charge in [-0.15, -0.1) is 0 Å². The van der Waals surface area contributed by atoms with Crippen LogP contribution in [0.5, 0.6) is 5.75 Å². The number of fused-ring (bicyclic) bond motifs is 1. The minimum atomic E-state index is 0.327. The van der Waals surface area contributed by atoms with Crippen LogP contribution in [0.4, 0.5) is 0 Å². The molecule has 21 heavy (non-hydrogen) atoms. The van der Waals surface area contributed by atoms with Gasteiger partial charge in [-0.2, -0.15) is 11.8 Å². The lowest BCUT2D eigenvalue weighted by Gasteiger charge is -2.33. The highest BCUT2D eigenvalue weighted by molar-refractivity contribution is 7.99. The van der Waals surface area contributed by atoms with E-state index in [4.69, 9.17) is 0 Å². The summed E-state index contributed by atoms with van der Waals surface area (Å²) in [4.78, 5) is 0. The molecule has 0 bridgehead atoms. The fourth-order valence-electron chi connectivity index (χ4n) is 4.32. The highest BCUT2D eigenvalue weighted by atomic mass is 32.2. The lowest BCUT2D eigenvalue weighted by Crippen LogP contribution is -2.41. The molecule has 0 amide bonds. The maximum Gasteiger partial charge on any atom is 0.120 e. The Balaban J connectivity index is 1.84. The smallest absolute Gasteiger partial charge is 0.120 e. The van der Waals surface area contributed by atoms with E-state index in [1.165, 1.54) is 42.4 Å². The molecule has 0 heterocycles. The fourth-order valence-corrected chi connectivity index (χ4v) is 5.27. The van der Waals surface area contributed by atoms with Gasteiger partial charge in [0.2, 0.25) is 0 Å². The van der Waals surface area contributed by atoms with Crippen LogP contribution in [0.2, 0.25) is 0 Å². The van der Waals surface area contributed by atoms with E-state index in [-0.39, 0.29) is 0 Å². The molecular formula is C18H27NOS. The van der Waals surface area contributed by atoms with E-state index in [1.54, 1.807) is 0 Å². The first-order chi connectivity index (χ1) is 10.1. The second-order valence-corrected chi connectivity index (χ2v) is 7.83. The first kappa shape index (κ1) is 15.2. The summed E-state index contributed by atoms with van der Waals surface area (Å²) < 4.78 is 0. The van der Waals surface area contributed by atoms with Crippen LogP contribution in [0, 0.1) is 6.92 Å². The summed E-state index contributed by atoms with van der Waals surface area (Å²) in [6, 6.07) is 4.84. The van der Waals surface area contributed by atoms with Crippen LogP contribution in [0.25, 0.3) is 0 Å². The van der Waals surface area contributed by atoms with E-state index in [1.807, 2.05) is 17.8 Å². The molecule has 0 aromatic heterocycles. The van der Waals surface area contributed by atoms with Crippen molar-refractivity contribution in [3.05, 3.63) is 28.8 Å². The van der Waals surface area contributed by atoms with Crippen LogP contribution in [-0.4, -0.2) is 22.7 Å². The van der Waals surface area contributed by atoms with Crippen LogP contribution < -0.4 is 5.32 Å². The molecule has 4 unspecified atom stereocenters. The lowest BCUT2D eigenvalue weighted by atomic mass is 9.93. The molecule has 0 saturated heterocycles. The molecule has 2 N–H and O–H groups in total. The summed E-state index contributed by atoms with van der Waals surface area (Å²) in [6.07, 6.45) is 8.66. The number of hydrogen-bond donors (Lipinski definition) is 2. The molecule has 2 nitrogen and oxygen atoms in total. The monoisotopic (exact) mass is 305 g/mol. The zero-order valence-corrected chi connectivity index (χ0v) is 14.2. The van der Waals surface area contributed by atoms with Crippen molar-refractivity contribution in [2.45, 2.75) is 69.2 Å². The van der Waals surface area contributed by atoms with E-state index in [0.717, 1.165) is 11.7 Å². The average Bonchev–Trinajstić information content (AvgIpc) is 2.81. The first-order valence-electron chi connectivity index (χ1n) is 8.23. The van der Waals surface area contributed by atoms with Crippen molar-refractivity contribution < 1.29 is 5.11 Å². The lowest BCUT2D eigenvalue weighted by molar-refractivity contribution is 0.337. The zero-order valence-electron chi connectivity index (χ0n) is 13.4. The van der Waals surface area contributed by atoms with Gasteiger partial charge in [0.1, 0.15) is 5.75 Å². The van der Waals surface area contributed by atoms with Crippen molar-refractivity contribution in [2.75, 3.05) is 6.26 Å². The number of aromatic hydroxyl groups is 1. The largest absolute Gasteiger partial charge is 0.508 e. The second kappa shape index (κ2) is 6.21. The molecule has 4 atom stereocenters. The SMILES string of the molecule is CSC1CCCCC1NC1CC(C)c2c(C)ccc(O)c21. The third-order valence-electron chi connectivity index (χ3n) is 5.33. The van der Waals surface area contributed by atoms with Gasteiger partial charge in [-0.3, -0.25) is 0 Å². The minimum Gasteiger partial charge on any atom is -0.508 e. The highest BCUT2D eigenvalue weighted by Crippen LogP contribution is 2.46. The predicted molar refractivity (Wildman–Crippen MR) is 91.3 cm³/mol. The fraction of sp³-hybridized carbons (Fsp3) is 0.667. The van der Waals surface area contributed by atoms with E-state index >= 15 is 0 Å². The van der Waals surface area contributed by atoms with Crippen LogP contribution in [0.1, 0.15) is 67.7 Å². The summed E-state index contributed by atoms with van der Waals surface area (Å²) in [5.41, 5.74) is 3.88. The Kier molecular flexibility index (Phi) is 4.51. The Labute approximate surface area is 132 Å². The molecule has 0 aliphatic heterocycles. The Morgan fingerprint density at radius 1 is 1.19 bits per heavy atom. The number of phenols is 1. The zero-order chi connectivity index (χ0) is 15.0. The number of hydrogen-bond acceptors (Lipinski definition) is 3. The molecule has 3 rings (SSSR count). The third-order valence-corrected chi connectivity index (χ3v) is 6.50. The first-order valence-corrected chi connectivity index (χ1v) is 9.51. The summed E-state index contributed by atoms with van der Waals surface area (Å²) in [7, 11) is 0. The maximum absolute atomic E-state index is 10.4. The molecule has 1 fully saturated rings. The maximum atomic E-state index is 10.4. The Morgan fingerprint density at radius 3 is 2.71 bits per heavy atom. The summed E-state index contributed by atoms with van der Waals surface area (Å²) >= 11 is 2.00. The minimum absolute atomic E-state index is 0.327. The van der Waals surface area contributed by atoms with Crippen molar-refractivity contribution in [3.8, 4) is 5.75 Å². The molecule has 1 aromatic carbocycles. The van der Waals surface area contributed by atoms with E-state index in [0.29, 0.717) is 23.8 Å². The van der Waals surface area contributed by atoms with Gasteiger partial charge < -0.3 is 10.4 Å². The summed E-state index contributed by atoms with van der Waals surface area (Å²) in [6.45, 7) is 4.46. The second-order valence-electron chi connectivity index (χ2n) is 6.75. The van der Waals surface area contributed by atoms with Crippen molar-refractivity contribution in [1.82, 2.24) is 5.32 Å². The Morgan fingerprint density at radius 2 is 1.95 bits per heavy atom. The third kappa shape index (κ3) is 2.83. The number of rotatable bonds is 3. The molecular weight excluding hydrogens is 278 g/mol. The van der Waals surface area contributed by atoms with Gasteiger partial charge >= 0.3 is 0 Å². The van der Waals surface area contributed by atoms with Crippen molar-refractivity contribution in [2.24, 2.45) is 0 Å². The van der Waals surface area contributed by atoms with Gasteiger partial charge in [-0.1, -0.05) is 25.8 Å². The number of benzene rings is 1. The van der Waals surface area contributed by atoms with Crippen LogP contribution in [0.3, 0.4) is 0 Å². The molecule has 2 aliphatic carbocycles. The van der Waals surface area contributed by atoms with Gasteiger partial charge in [-0.25, -0.2) is 0 Å². The molecule has 116 valence electrons. The summed E-state index contributed by atoms with van der Waals surface area (Å²) in [5, 5.41) is 15.0. The van der Waals surface area contributed by atoms with E-state index in [9.17, 15) is 5.11 Å². The predicted octanol–water partition coefficient (Wildman–Crippen LogP) is 4.51. The standard InChI is InChI=1S/C18H27NOS/c1-11-8-9-15(20)18-14(10-12(2)17(11)18)19-13-6-4-5-7-16(13)21-3/h8-9,12-14,16,19-20H,4-7,10H2,1-3H3. The van der Waals surface area contributed by atoms with Crippen molar-refractivity contribution in [1.29, 1.82) is 0 Å². The van der Waals surface area contributed by atoms with Gasteiger partial charge in [0.25, 0.3) is 0 Å². The topological polar surface area (TPSA) is 32.3 Å². The van der Waals surface area contributed by atoms with Gasteiger partial charge in [0.05, 0.1) is 0 Å². The van der Waals surface area contributed by atoms with E-state index in [2.05, 4.69) is 31.5 Å². The number of thioether (sulfide) groups is 1. The quantitative estimate of drug-likeness (QED) is 0.861. The van der Waals surface area contributed by atoms with Gasteiger partial charge in [0, 0.05) is 22.9 Å². The molecule has 0 radical (unpaired) electrons. The number of phenolic OH excluding ortho intramolecular Hbond substituents is 1. The van der Waals surface area contributed by atoms with Crippen LogP contribution in [-0.2, 0) is 0 Å². The molecule has 0 spiro atoms. The van der Waals surface area contributed by atoms with E-state index < -0.39 is 0 Å². The highest BCUT2D eigenvalue weighted by Gasteiger charge is 2.35.